The van der Waals surface area contributed by atoms with Gasteiger partial charge in [0, 0.05) is 37.6 Å². The van der Waals surface area contributed by atoms with Crippen molar-refractivity contribution in [1.82, 2.24) is 15.1 Å². The molecule has 1 aromatic carbocycles. The third-order valence-corrected chi connectivity index (χ3v) is 6.81. The van der Waals surface area contributed by atoms with Crippen molar-refractivity contribution in [3.05, 3.63) is 54.1 Å². The van der Waals surface area contributed by atoms with Gasteiger partial charge >= 0.3 is 5.97 Å². The Kier molecular flexibility index (Phi) is 9.38. The molecule has 1 fully saturated rings. The molecule has 182 valence electrons. The number of nitrogens with one attached hydrogen (secondary N) is 2. The zero-order chi connectivity index (χ0) is 24.5. The number of ether oxygens (including phenoxy) is 1. The van der Waals surface area contributed by atoms with Gasteiger partial charge in [-0.15, -0.1) is 17.9 Å². The second-order valence-corrected chi connectivity index (χ2v) is 9.06. The number of anilines is 1. The van der Waals surface area contributed by atoms with E-state index in [2.05, 4.69) is 27.0 Å². The van der Waals surface area contributed by atoms with Crippen LogP contribution in [0.15, 0.2) is 43.0 Å². The highest BCUT2D eigenvalue weighted by atomic mass is 32.1. The highest BCUT2D eigenvalue weighted by molar-refractivity contribution is 7.20. The third kappa shape index (κ3) is 6.75. The van der Waals surface area contributed by atoms with Gasteiger partial charge in [-0.05, 0) is 25.0 Å². The van der Waals surface area contributed by atoms with Gasteiger partial charge in [0.05, 0.1) is 25.3 Å². The molecule has 0 unspecified atom stereocenters. The molecule has 1 aliphatic heterocycles. The fraction of sp³-hybridized carbons (Fsp3) is 0.400. The summed E-state index contributed by atoms with van der Waals surface area (Å²) in [5, 5.41) is 6.24. The number of hydrogen-bond acceptors (Lipinski definition) is 7. The van der Waals surface area contributed by atoms with E-state index in [1.165, 1.54) is 11.3 Å². The number of carbonyl (C=O) groups is 3. The Morgan fingerprint density at radius 2 is 1.68 bits per heavy atom. The molecule has 1 saturated heterocycles. The quantitative estimate of drug-likeness (QED) is 0.398. The van der Waals surface area contributed by atoms with Crippen molar-refractivity contribution in [3.8, 4) is 10.4 Å². The lowest BCUT2D eigenvalue weighted by Crippen LogP contribution is -2.51. The topological polar surface area (TPSA) is 91.0 Å². The summed E-state index contributed by atoms with van der Waals surface area (Å²) in [4.78, 5) is 42.5. The van der Waals surface area contributed by atoms with Crippen LogP contribution >= 0.6 is 11.3 Å². The summed E-state index contributed by atoms with van der Waals surface area (Å²) in [6.45, 7) is 11.3. The molecule has 0 aliphatic carbocycles. The van der Waals surface area contributed by atoms with Gasteiger partial charge in [0.2, 0.25) is 11.8 Å². The molecule has 3 rings (SSSR count). The molecule has 2 aromatic rings. The molecule has 2 amide bonds. The average molecular weight is 485 g/mol. The van der Waals surface area contributed by atoms with Crippen molar-refractivity contribution in [2.75, 3.05) is 57.7 Å². The summed E-state index contributed by atoms with van der Waals surface area (Å²) in [5.41, 5.74) is 2.20. The van der Waals surface area contributed by atoms with Crippen LogP contribution < -0.4 is 10.6 Å². The van der Waals surface area contributed by atoms with E-state index in [0.717, 1.165) is 16.0 Å². The zero-order valence-corrected chi connectivity index (χ0v) is 20.6. The molecule has 1 aromatic heterocycles. The lowest BCUT2D eigenvalue weighted by atomic mass is 10.1. The van der Waals surface area contributed by atoms with Crippen molar-refractivity contribution in [2.24, 2.45) is 0 Å². The largest absolute Gasteiger partial charge is 0.462 e. The minimum absolute atomic E-state index is 0.0279. The van der Waals surface area contributed by atoms with Crippen molar-refractivity contribution >= 4 is 34.1 Å². The predicted molar refractivity (Wildman–Crippen MR) is 135 cm³/mol. The van der Waals surface area contributed by atoms with E-state index in [1.807, 2.05) is 37.3 Å². The Hall–Kier alpha value is -3.01. The van der Waals surface area contributed by atoms with E-state index >= 15 is 0 Å². The number of carbonyl (C=O) groups excluding carboxylic acids is 3. The summed E-state index contributed by atoms with van der Waals surface area (Å²) >= 11 is 1.39. The number of amides is 2. The fourth-order valence-corrected chi connectivity index (χ4v) is 5.05. The Bertz CT molecular complexity index is 1010. The van der Waals surface area contributed by atoms with Crippen LogP contribution in [0.2, 0.25) is 0 Å². The average Bonchev–Trinajstić information content (AvgIpc) is 3.15. The van der Waals surface area contributed by atoms with Crippen molar-refractivity contribution in [2.45, 2.75) is 13.8 Å². The van der Waals surface area contributed by atoms with E-state index < -0.39 is 5.97 Å². The van der Waals surface area contributed by atoms with Gasteiger partial charge in [-0.1, -0.05) is 36.4 Å². The van der Waals surface area contributed by atoms with Crippen molar-refractivity contribution in [1.29, 1.82) is 0 Å². The number of piperazine rings is 1. The molecule has 2 heterocycles. The van der Waals surface area contributed by atoms with Crippen molar-refractivity contribution in [3.63, 3.8) is 0 Å². The van der Waals surface area contributed by atoms with Crippen molar-refractivity contribution < 1.29 is 19.1 Å². The third-order valence-electron chi connectivity index (χ3n) is 5.56. The van der Waals surface area contributed by atoms with Crippen LogP contribution in [0.5, 0.6) is 0 Å². The first-order chi connectivity index (χ1) is 16.4. The minimum atomic E-state index is -0.433. The van der Waals surface area contributed by atoms with Gasteiger partial charge in [-0.3, -0.25) is 19.4 Å². The molecule has 9 heteroatoms. The molecule has 1 aliphatic rings. The Balaban J connectivity index is 1.63. The molecule has 0 spiro atoms. The van der Waals surface area contributed by atoms with Crippen LogP contribution in [0.1, 0.15) is 22.8 Å². The highest BCUT2D eigenvalue weighted by Gasteiger charge is 2.26. The van der Waals surface area contributed by atoms with Gasteiger partial charge < -0.3 is 15.4 Å². The molecule has 0 saturated carbocycles. The molecular formula is C25H32N4O4S. The Morgan fingerprint density at radius 1 is 1.06 bits per heavy atom. The maximum Gasteiger partial charge on any atom is 0.341 e. The van der Waals surface area contributed by atoms with Crippen LogP contribution in [-0.4, -0.2) is 80.0 Å². The lowest BCUT2D eigenvalue weighted by molar-refractivity contribution is -0.123. The SMILES string of the molecule is C=CCNC(=O)CN1CCN(CC(=O)Nc2sc(-c3ccccc3)c(C)c2C(=O)OCC)CC1. The molecule has 0 atom stereocenters. The predicted octanol–water partition coefficient (Wildman–Crippen LogP) is 2.76. The smallest absolute Gasteiger partial charge is 0.341 e. The first-order valence-corrected chi connectivity index (χ1v) is 12.2. The molecule has 8 nitrogen and oxygen atoms in total. The first-order valence-electron chi connectivity index (χ1n) is 11.4. The zero-order valence-electron chi connectivity index (χ0n) is 19.8. The summed E-state index contributed by atoms with van der Waals surface area (Å²) in [6, 6.07) is 9.79. The number of thiophene rings is 1. The number of rotatable bonds is 10. The molecule has 34 heavy (non-hydrogen) atoms. The van der Waals surface area contributed by atoms with Crippen LogP contribution in [-0.2, 0) is 14.3 Å². The number of esters is 1. The maximum absolute atomic E-state index is 12.9. The molecule has 2 N–H and O–H groups in total. The number of nitrogens with zero attached hydrogens (tertiary/aromatic N) is 2. The number of hydrogen-bond donors (Lipinski definition) is 2. The minimum Gasteiger partial charge on any atom is -0.462 e. The van der Waals surface area contributed by atoms with Gasteiger partial charge in [0.25, 0.3) is 0 Å². The lowest BCUT2D eigenvalue weighted by Gasteiger charge is -2.33. The fourth-order valence-electron chi connectivity index (χ4n) is 3.84. The van der Waals surface area contributed by atoms with E-state index in [0.29, 0.717) is 49.8 Å². The Labute approximate surface area is 204 Å². The summed E-state index contributed by atoms with van der Waals surface area (Å²) in [6.07, 6.45) is 1.65. The molecule has 0 bridgehead atoms. The van der Waals surface area contributed by atoms with E-state index in [-0.39, 0.29) is 25.0 Å². The standard InChI is InChI=1S/C25H32N4O4S/c1-4-11-26-20(30)16-28-12-14-29(15-13-28)17-21(31)27-24-22(25(32)33-5-2)18(3)23(34-24)19-9-7-6-8-10-19/h4,6-10H,1,5,11-17H2,2-3H3,(H,26,30)(H,27,31). The normalized spacial score (nSPS) is 14.4. The van der Waals surface area contributed by atoms with E-state index in [9.17, 15) is 14.4 Å². The van der Waals surface area contributed by atoms with Crippen LogP contribution in [0, 0.1) is 6.92 Å². The van der Waals surface area contributed by atoms with E-state index in [4.69, 9.17) is 4.74 Å². The van der Waals surface area contributed by atoms with Gasteiger partial charge in [0.1, 0.15) is 5.00 Å². The first kappa shape index (κ1) is 25.6. The van der Waals surface area contributed by atoms with Gasteiger partial charge in [-0.25, -0.2) is 4.79 Å². The maximum atomic E-state index is 12.9. The highest BCUT2D eigenvalue weighted by Crippen LogP contribution is 2.40. The van der Waals surface area contributed by atoms with Gasteiger partial charge in [0.15, 0.2) is 0 Å². The van der Waals surface area contributed by atoms with Crippen LogP contribution in [0.4, 0.5) is 5.00 Å². The Morgan fingerprint density at radius 3 is 2.26 bits per heavy atom. The van der Waals surface area contributed by atoms with Gasteiger partial charge in [-0.2, -0.15) is 0 Å². The summed E-state index contributed by atoms with van der Waals surface area (Å²) < 4.78 is 5.26. The molecule has 0 radical (unpaired) electrons. The van der Waals surface area contributed by atoms with E-state index in [1.54, 1.807) is 13.0 Å². The second kappa shape index (κ2) is 12.5. The second-order valence-electron chi connectivity index (χ2n) is 8.04. The molecular weight excluding hydrogens is 452 g/mol. The van der Waals surface area contributed by atoms with Crippen LogP contribution in [0.25, 0.3) is 10.4 Å². The number of benzene rings is 1. The summed E-state index contributed by atoms with van der Waals surface area (Å²) in [7, 11) is 0. The van der Waals surface area contributed by atoms with Crippen LogP contribution in [0.3, 0.4) is 0 Å². The monoisotopic (exact) mass is 484 g/mol. The summed E-state index contributed by atoms with van der Waals surface area (Å²) in [5.74, 6) is -0.638.